The molecule has 0 fully saturated rings. The van der Waals surface area contributed by atoms with Crippen molar-refractivity contribution in [2.75, 3.05) is 13.2 Å². The van der Waals surface area contributed by atoms with Crippen LogP contribution in [0, 0.1) is 11.8 Å². The van der Waals surface area contributed by atoms with Gasteiger partial charge < -0.3 is 16.6 Å². The molecule has 0 aromatic heterocycles. The summed E-state index contributed by atoms with van der Waals surface area (Å²) in [7, 11) is 0. The van der Waals surface area contributed by atoms with Crippen LogP contribution in [0.5, 0.6) is 0 Å². The van der Waals surface area contributed by atoms with Gasteiger partial charge in [0.1, 0.15) is 6.67 Å². The molecule has 1 atom stereocenters. The molecule has 0 aliphatic rings. The zero-order valence-corrected chi connectivity index (χ0v) is 8.46. The van der Waals surface area contributed by atoms with Crippen LogP contribution in [0.1, 0.15) is 13.3 Å². The maximum Gasteiger partial charge on any atom is 0.339 e. The van der Waals surface area contributed by atoms with Crippen LogP contribution < -0.4 is 11.5 Å². The highest BCUT2D eigenvalue weighted by atomic mass is 19.1. The summed E-state index contributed by atoms with van der Waals surface area (Å²) in [5.74, 6) is 3.56. The largest absolute Gasteiger partial charge is 0.479 e. The highest BCUT2D eigenvalue weighted by molar-refractivity contribution is 5.83. The number of carbonyl (C=O) groups is 1. The number of aliphatic carboxylic acids is 1. The molecule has 0 saturated heterocycles. The van der Waals surface area contributed by atoms with Gasteiger partial charge in [0.25, 0.3) is 0 Å². The standard InChI is InChI=1S/C9H14FN3O2/c1-7(11)13-5-3-2-4-9(12,6-10)8(14)15/h3,5-6,12H2,1H3,(H2,11,13)(H,14,15). The summed E-state index contributed by atoms with van der Waals surface area (Å²) < 4.78 is 12.3. The maximum atomic E-state index is 12.3. The number of rotatable bonds is 4. The van der Waals surface area contributed by atoms with Gasteiger partial charge in [0.05, 0.1) is 12.4 Å². The monoisotopic (exact) mass is 215 g/mol. The van der Waals surface area contributed by atoms with Crippen molar-refractivity contribution >= 4 is 11.8 Å². The zero-order valence-electron chi connectivity index (χ0n) is 8.46. The molecule has 15 heavy (non-hydrogen) atoms. The highest BCUT2D eigenvalue weighted by Gasteiger charge is 2.31. The van der Waals surface area contributed by atoms with E-state index < -0.39 is 18.2 Å². The number of aliphatic imine (C=N–C) groups is 1. The normalized spacial score (nSPS) is 15.0. The van der Waals surface area contributed by atoms with Gasteiger partial charge in [-0.05, 0) is 6.92 Å². The van der Waals surface area contributed by atoms with Gasteiger partial charge in [0, 0.05) is 6.42 Å². The zero-order chi connectivity index (χ0) is 11.9. The first-order valence-corrected chi connectivity index (χ1v) is 4.27. The van der Waals surface area contributed by atoms with E-state index in [-0.39, 0.29) is 0 Å². The van der Waals surface area contributed by atoms with E-state index in [1.54, 1.807) is 6.92 Å². The lowest BCUT2D eigenvalue weighted by Crippen LogP contribution is -2.48. The van der Waals surface area contributed by atoms with Gasteiger partial charge >= 0.3 is 5.97 Å². The number of amidine groups is 1. The summed E-state index contributed by atoms with van der Waals surface area (Å²) in [5, 5.41) is 8.56. The number of nitrogens with zero attached hydrogens (tertiary/aromatic N) is 1. The summed E-state index contributed by atoms with van der Waals surface area (Å²) in [4.78, 5) is 14.3. The fourth-order valence-corrected chi connectivity index (χ4v) is 0.652. The smallest absolute Gasteiger partial charge is 0.339 e. The van der Waals surface area contributed by atoms with E-state index in [4.69, 9.17) is 16.6 Å². The fraction of sp³-hybridized carbons (Fsp3) is 0.556. The van der Waals surface area contributed by atoms with Crippen LogP contribution in [0.25, 0.3) is 0 Å². The van der Waals surface area contributed by atoms with E-state index in [0.717, 1.165) is 0 Å². The molecule has 0 aromatic carbocycles. The van der Waals surface area contributed by atoms with E-state index in [1.807, 2.05) is 0 Å². The second-order valence-corrected chi connectivity index (χ2v) is 2.99. The van der Waals surface area contributed by atoms with Gasteiger partial charge in [-0.25, -0.2) is 9.18 Å². The van der Waals surface area contributed by atoms with Gasteiger partial charge in [0.2, 0.25) is 5.54 Å². The minimum Gasteiger partial charge on any atom is -0.479 e. The number of hydrogen-bond donors (Lipinski definition) is 3. The van der Waals surface area contributed by atoms with Crippen molar-refractivity contribution in [1.29, 1.82) is 0 Å². The Kier molecular flexibility index (Phi) is 5.34. The van der Waals surface area contributed by atoms with E-state index in [1.165, 1.54) is 0 Å². The minimum atomic E-state index is -2.11. The summed E-state index contributed by atoms with van der Waals surface area (Å²) in [5.41, 5.74) is 8.32. The third-order valence-electron chi connectivity index (χ3n) is 1.50. The van der Waals surface area contributed by atoms with Crippen LogP contribution >= 0.6 is 0 Å². The predicted octanol–water partition coefficient (Wildman–Crippen LogP) is -0.491. The minimum absolute atomic E-state index is 0.292. The Morgan fingerprint density at radius 2 is 2.27 bits per heavy atom. The number of carboxylic acid groups (broad SMARTS) is 1. The van der Waals surface area contributed by atoms with Crippen molar-refractivity contribution < 1.29 is 14.3 Å². The fourth-order valence-electron chi connectivity index (χ4n) is 0.652. The van der Waals surface area contributed by atoms with Gasteiger partial charge in [-0.15, -0.1) is 0 Å². The lowest BCUT2D eigenvalue weighted by molar-refractivity contribution is -0.141. The molecule has 5 nitrogen and oxygen atoms in total. The molecule has 0 heterocycles. The van der Waals surface area contributed by atoms with Crippen LogP contribution in [-0.4, -0.2) is 35.7 Å². The number of hydrogen-bond acceptors (Lipinski definition) is 3. The second kappa shape index (κ2) is 5.98. The molecule has 84 valence electrons. The summed E-state index contributed by atoms with van der Waals surface area (Å²) >= 11 is 0. The predicted molar refractivity (Wildman–Crippen MR) is 55.1 cm³/mol. The van der Waals surface area contributed by atoms with Crippen LogP contribution in [0.4, 0.5) is 4.39 Å². The molecule has 0 radical (unpaired) electrons. The molecule has 1 unspecified atom stereocenters. The Morgan fingerprint density at radius 1 is 1.67 bits per heavy atom. The number of alkyl halides is 1. The summed E-state index contributed by atoms with van der Waals surface area (Å²) in [6.45, 7) is 0.741. The number of nitrogens with two attached hydrogens (primary N) is 2. The van der Waals surface area contributed by atoms with Crippen molar-refractivity contribution in [1.82, 2.24) is 0 Å². The number of carboxylic acids is 1. The summed E-state index contributed by atoms with van der Waals surface area (Å²) in [6, 6.07) is 0. The van der Waals surface area contributed by atoms with Gasteiger partial charge in [-0.2, -0.15) is 0 Å². The molecule has 0 saturated carbocycles. The Bertz CT molecular complexity index is 315. The Balaban J connectivity index is 4.26. The van der Waals surface area contributed by atoms with Gasteiger partial charge in [0.15, 0.2) is 0 Å². The van der Waals surface area contributed by atoms with Crippen LogP contribution in [0.15, 0.2) is 4.99 Å². The first kappa shape index (κ1) is 13.4. The van der Waals surface area contributed by atoms with Crippen LogP contribution in [0.2, 0.25) is 0 Å². The first-order chi connectivity index (χ1) is 6.92. The van der Waals surface area contributed by atoms with Gasteiger partial charge in [-0.3, -0.25) is 4.99 Å². The summed E-state index contributed by atoms with van der Waals surface area (Å²) in [6.07, 6.45) is 0.292. The topological polar surface area (TPSA) is 102 Å². The van der Waals surface area contributed by atoms with Crippen LogP contribution in [-0.2, 0) is 4.79 Å². The van der Waals surface area contributed by atoms with E-state index in [2.05, 4.69) is 16.8 Å². The molecule has 0 amide bonds. The lowest BCUT2D eigenvalue weighted by atomic mass is 10.0. The van der Waals surface area contributed by atoms with E-state index in [0.29, 0.717) is 18.8 Å². The molecular formula is C9H14FN3O2. The Hall–Kier alpha value is -1.61. The van der Waals surface area contributed by atoms with Crippen molar-refractivity contribution in [2.45, 2.75) is 18.9 Å². The molecule has 0 bridgehead atoms. The molecule has 0 rings (SSSR count). The van der Waals surface area contributed by atoms with Crippen molar-refractivity contribution in [3.8, 4) is 11.8 Å². The van der Waals surface area contributed by atoms with E-state index >= 15 is 0 Å². The molecular weight excluding hydrogens is 201 g/mol. The maximum absolute atomic E-state index is 12.3. The molecule has 0 aliphatic carbocycles. The lowest BCUT2D eigenvalue weighted by Gasteiger charge is -2.12. The molecule has 0 spiro atoms. The Morgan fingerprint density at radius 3 is 2.67 bits per heavy atom. The third kappa shape index (κ3) is 4.98. The first-order valence-electron chi connectivity index (χ1n) is 4.27. The second-order valence-electron chi connectivity index (χ2n) is 2.99. The van der Waals surface area contributed by atoms with Gasteiger partial charge in [-0.1, -0.05) is 11.8 Å². The highest BCUT2D eigenvalue weighted by Crippen LogP contribution is 1.99. The van der Waals surface area contributed by atoms with Crippen molar-refractivity contribution in [3.63, 3.8) is 0 Å². The molecule has 6 heteroatoms. The van der Waals surface area contributed by atoms with Crippen molar-refractivity contribution in [3.05, 3.63) is 0 Å². The average molecular weight is 215 g/mol. The molecule has 5 N–H and O–H groups in total. The third-order valence-corrected chi connectivity index (χ3v) is 1.50. The SMILES string of the molecule is CC(N)=NCCC#CC(N)(CF)C(=O)O. The van der Waals surface area contributed by atoms with Crippen molar-refractivity contribution in [2.24, 2.45) is 16.5 Å². The molecule has 0 aliphatic heterocycles. The Labute approximate surface area is 87.4 Å². The molecule has 0 aromatic rings. The van der Waals surface area contributed by atoms with Crippen LogP contribution in [0.3, 0.4) is 0 Å². The number of halogens is 1. The average Bonchev–Trinajstić information content (AvgIpc) is 2.16. The quantitative estimate of drug-likeness (QED) is 0.255. The van der Waals surface area contributed by atoms with E-state index in [9.17, 15) is 9.18 Å².